The molecule has 1 unspecified atom stereocenters. The van der Waals surface area contributed by atoms with Crippen LogP contribution in [-0.4, -0.2) is 31.5 Å². The second kappa shape index (κ2) is 9.94. The van der Waals surface area contributed by atoms with Gasteiger partial charge >= 0.3 is 6.61 Å². The molecule has 26 heavy (non-hydrogen) atoms. The summed E-state index contributed by atoms with van der Waals surface area (Å²) in [6, 6.07) is 6.07. The third-order valence-corrected chi connectivity index (χ3v) is 4.54. The molecule has 0 radical (unpaired) electrons. The van der Waals surface area contributed by atoms with Crippen molar-refractivity contribution in [3.05, 3.63) is 24.3 Å². The van der Waals surface area contributed by atoms with Crippen molar-refractivity contribution < 1.29 is 23.1 Å². The molecule has 0 heterocycles. The molecular formula is C18H25F2N3O3. The number of alkyl halides is 2. The van der Waals surface area contributed by atoms with Crippen molar-refractivity contribution in [3.63, 3.8) is 0 Å². The van der Waals surface area contributed by atoms with E-state index in [1.54, 1.807) is 12.1 Å². The molecular weight excluding hydrogens is 344 g/mol. The van der Waals surface area contributed by atoms with Gasteiger partial charge in [-0.3, -0.25) is 9.59 Å². The van der Waals surface area contributed by atoms with E-state index in [0.29, 0.717) is 18.8 Å². The van der Waals surface area contributed by atoms with E-state index in [2.05, 4.69) is 15.4 Å². The number of halogens is 2. The van der Waals surface area contributed by atoms with Gasteiger partial charge in [0.25, 0.3) is 0 Å². The summed E-state index contributed by atoms with van der Waals surface area (Å²) in [6.45, 7) is -2.10. The van der Waals surface area contributed by atoms with E-state index in [-0.39, 0.29) is 17.6 Å². The zero-order valence-corrected chi connectivity index (χ0v) is 14.5. The van der Waals surface area contributed by atoms with Crippen LogP contribution in [0.2, 0.25) is 0 Å². The SMILES string of the molecule is NC(=O)C(C(=O)NCCNc1ccc(OC(F)F)cc1)C1CCCCC1. The van der Waals surface area contributed by atoms with Crippen LogP contribution in [0.4, 0.5) is 14.5 Å². The molecule has 1 atom stereocenters. The summed E-state index contributed by atoms with van der Waals surface area (Å²) in [5, 5.41) is 5.80. The topological polar surface area (TPSA) is 93.5 Å². The van der Waals surface area contributed by atoms with Crippen LogP contribution in [-0.2, 0) is 9.59 Å². The summed E-state index contributed by atoms with van der Waals surface area (Å²) in [6.07, 6.45) is 4.89. The highest BCUT2D eigenvalue weighted by atomic mass is 19.3. The van der Waals surface area contributed by atoms with Crippen LogP contribution in [0.25, 0.3) is 0 Å². The standard InChI is InChI=1S/C18H25F2N3O3/c19-18(20)26-14-8-6-13(7-9-14)22-10-11-23-17(25)15(16(21)24)12-4-2-1-3-5-12/h6-9,12,15,18,22H,1-5,10-11H2,(H2,21,24)(H,23,25). The largest absolute Gasteiger partial charge is 0.435 e. The second-order valence-electron chi connectivity index (χ2n) is 6.40. The first kappa shape index (κ1) is 19.9. The Hall–Kier alpha value is -2.38. The monoisotopic (exact) mass is 369 g/mol. The summed E-state index contributed by atoms with van der Waals surface area (Å²) < 4.78 is 28.5. The minimum Gasteiger partial charge on any atom is -0.435 e. The first-order valence-corrected chi connectivity index (χ1v) is 8.83. The quantitative estimate of drug-likeness (QED) is 0.461. The smallest absolute Gasteiger partial charge is 0.387 e. The van der Waals surface area contributed by atoms with Crippen LogP contribution in [0, 0.1) is 11.8 Å². The zero-order valence-electron chi connectivity index (χ0n) is 14.5. The van der Waals surface area contributed by atoms with Crippen molar-refractivity contribution >= 4 is 17.5 Å². The van der Waals surface area contributed by atoms with Crippen LogP contribution >= 0.6 is 0 Å². The molecule has 2 amide bonds. The van der Waals surface area contributed by atoms with Gasteiger partial charge < -0.3 is 21.1 Å². The van der Waals surface area contributed by atoms with Gasteiger partial charge in [-0.15, -0.1) is 0 Å². The number of rotatable bonds is 9. The van der Waals surface area contributed by atoms with E-state index in [0.717, 1.165) is 32.1 Å². The van der Waals surface area contributed by atoms with Gasteiger partial charge in [-0.1, -0.05) is 19.3 Å². The Morgan fingerprint density at radius 1 is 1.12 bits per heavy atom. The number of anilines is 1. The number of carbonyl (C=O) groups is 2. The number of ether oxygens (including phenoxy) is 1. The Kier molecular flexibility index (Phi) is 7.62. The van der Waals surface area contributed by atoms with Crippen LogP contribution in [0.1, 0.15) is 32.1 Å². The molecule has 144 valence electrons. The van der Waals surface area contributed by atoms with Crippen LogP contribution in [0.5, 0.6) is 5.75 Å². The normalized spacial score (nSPS) is 16.1. The molecule has 0 spiro atoms. The molecule has 1 aromatic rings. The van der Waals surface area contributed by atoms with Crippen molar-refractivity contribution in [2.75, 3.05) is 18.4 Å². The summed E-state index contributed by atoms with van der Waals surface area (Å²) in [5.41, 5.74) is 6.14. The van der Waals surface area contributed by atoms with Crippen LogP contribution < -0.4 is 21.1 Å². The van der Waals surface area contributed by atoms with Gasteiger partial charge in [0, 0.05) is 18.8 Å². The van der Waals surface area contributed by atoms with E-state index < -0.39 is 18.4 Å². The Bertz CT molecular complexity index is 590. The number of hydrogen-bond acceptors (Lipinski definition) is 4. The van der Waals surface area contributed by atoms with E-state index in [1.165, 1.54) is 12.1 Å². The molecule has 0 bridgehead atoms. The average Bonchev–Trinajstić information content (AvgIpc) is 2.60. The molecule has 1 aliphatic carbocycles. The highest BCUT2D eigenvalue weighted by Gasteiger charge is 2.33. The third-order valence-electron chi connectivity index (χ3n) is 4.54. The van der Waals surface area contributed by atoms with Crippen molar-refractivity contribution in [3.8, 4) is 5.75 Å². The van der Waals surface area contributed by atoms with E-state index in [1.807, 2.05) is 0 Å². The number of nitrogens with one attached hydrogen (secondary N) is 2. The van der Waals surface area contributed by atoms with Gasteiger partial charge in [0.1, 0.15) is 11.7 Å². The first-order valence-electron chi connectivity index (χ1n) is 8.83. The number of nitrogens with two attached hydrogens (primary N) is 1. The zero-order chi connectivity index (χ0) is 18.9. The maximum atomic E-state index is 12.3. The molecule has 1 aromatic carbocycles. The Labute approximate surface area is 151 Å². The van der Waals surface area contributed by atoms with Crippen molar-refractivity contribution in [1.82, 2.24) is 5.32 Å². The maximum absolute atomic E-state index is 12.3. The molecule has 0 aromatic heterocycles. The highest BCUT2D eigenvalue weighted by molar-refractivity contribution is 5.99. The van der Waals surface area contributed by atoms with E-state index in [4.69, 9.17) is 5.73 Å². The molecule has 1 aliphatic rings. The van der Waals surface area contributed by atoms with E-state index in [9.17, 15) is 18.4 Å². The predicted octanol–water partition coefficient (Wildman–Crippen LogP) is 2.50. The lowest BCUT2D eigenvalue weighted by Gasteiger charge is -2.27. The van der Waals surface area contributed by atoms with Gasteiger partial charge in [-0.05, 0) is 43.0 Å². The van der Waals surface area contributed by atoms with E-state index >= 15 is 0 Å². The lowest BCUT2D eigenvalue weighted by atomic mass is 9.79. The summed E-state index contributed by atoms with van der Waals surface area (Å²) >= 11 is 0. The minimum atomic E-state index is -2.86. The first-order chi connectivity index (χ1) is 12.5. The summed E-state index contributed by atoms with van der Waals surface area (Å²) in [4.78, 5) is 24.0. The Morgan fingerprint density at radius 2 is 1.77 bits per heavy atom. The fourth-order valence-corrected chi connectivity index (χ4v) is 3.30. The van der Waals surface area contributed by atoms with Gasteiger partial charge in [0.2, 0.25) is 11.8 Å². The second-order valence-corrected chi connectivity index (χ2v) is 6.40. The number of hydrogen-bond donors (Lipinski definition) is 3. The molecule has 6 nitrogen and oxygen atoms in total. The molecule has 0 aliphatic heterocycles. The Morgan fingerprint density at radius 3 is 2.35 bits per heavy atom. The summed E-state index contributed by atoms with van der Waals surface area (Å²) in [7, 11) is 0. The fourth-order valence-electron chi connectivity index (χ4n) is 3.30. The van der Waals surface area contributed by atoms with Gasteiger partial charge in [0.05, 0.1) is 0 Å². The highest BCUT2D eigenvalue weighted by Crippen LogP contribution is 2.30. The predicted molar refractivity (Wildman–Crippen MR) is 93.8 cm³/mol. The molecule has 4 N–H and O–H groups in total. The molecule has 0 saturated heterocycles. The minimum absolute atomic E-state index is 0.0246. The van der Waals surface area contributed by atoms with Gasteiger partial charge in [-0.25, -0.2) is 0 Å². The van der Waals surface area contributed by atoms with Crippen LogP contribution in [0.15, 0.2) is 24.3 Å². The average molecular weight is 369 g/mol. The Balaban J connectivity index is 1.75. The third kappa shape index (κ3) is 6.16. The maximum Gasteiger partial charge on any atom is 0.387 e. The van der Waals surface area contributed by atoms with Crippen molar-refractivity contribution in [2.45, 2.75) is 38.7 Å². The van der Waals surface area contributed by atoms with Gasteiger partial charge in [0.15, 0.2) is 0 Å². The number of amides is 2. The van der Waals surface area contributed by atoms with Crippen molar-refractivity contribution in [1.29, 1.82) is 0 Å². The van der Waals surface area contributed by atoms with Crippen molar-refractivity contribution in [2.24, 2.45) is 17.6 Å². The molecule has 8 heteroatoms. The molecule has 1 saturated carbocycles. The number of primary amides is 1. The van der Waals surface area contributed by atoms with Gasteiger partial charge in [-0.2, -0.15) is 8.78 Å². The molecule has 2 rings (SSSR count). The molecule has 1 fully saturated rings. The number of carbonyl (C=O) groups excluding carboxylic acids is 2. The van der Waals surface area contributed by atoms with Crippen LogP contribution in [0.3, 0.4) is 0 Å². The number of benzene rings is 1. The lowest BCUT2D eigenvalue weighted by molar-refractivity contribution is -0.136. The summed E-state index contributed by atoms with van der Waals surface area (Å²) in [5.74, 6) is -1.57. The fraction of sp³-hybridized carbons (Fsp3) is 0.556. The lowest BCUT2D eigenvalue weighted by Crippen LogP contribution is -2.44.